The Morgan fingerprint density at radius 2 is 2.06 bits per heavy atom. The van der Waals surface area contributed by atoms with Crippen molar-refractivity contribution >= 4 is 15.9 Å². The first-order chi connectivity index (χ1) is 8.61. The van der Waals surface area contributed by atoms with Crippen LogP contribution in [0.1, 0.15) is 25.8 Å². The summed E-state index contributed by atoms with van der Waals surface area (Å²) in [6, 6.07) is 8.87. The Kier molecular flexibility index (Phi) is 7.06. The maximum atomic E-state index is 5.53. The Bertz CT molecular complexity index is 361. The maximum Gasteiger partial charge on any atom is 0.119 e. The fourth-order valence-electron chi connectivity index (χ4n) is 1.75. The fourth-order valence-corrected chi connectivity index (χ4v) is 1.86. The second-order valence-corrected chi connectivity index (χ2v) is 5.57. The zero-order valence-electron chi connectivity index (χ0n) is 11.2. The second kappa shape index (κ2) is 8.33. The summed E-state index contributed by atoms with van der Waals surface area (Å²) >= 11 is 3.28. The normalized spacial score (nSPS) is 12.2. The highest BCUT2D eigenvalue weighted by molar-refractivity contribution is 9.11. The van der Waals surface area contributed by atoms with Gasteiger partial charge < -0.3 is 10.1 Å². The summed E-state index contributed by atoms with van der Waals surface area (Å²) < 4.78 is 6.38. The van der Waals surface area contributed by atoms with Crippen molar-refractivity contribution in [2.24, 2.45) is 0 Å². The molecule has 0 aliphatic rings. The third kappa shape index (κ3) is 6.22. The van der Waals surface area contributed by atoms with Gasteiger partial charge in [0.25, 0.3) is 0 Å². The van der Waals surface area contributed by atoms with Crippen LogP contribution in [0.3, 0.4) is 0 Å². The van der Waals surface area contributed by atoms with Crippen molar-refractivity contribution in [1.82, 2.24) is 5.32 Å². The third-order valence-corrected chi connectivity index (χ3v) is 2.97. The first-order valence-electron chi connectivity index (χ1n) is 6.40. The number of halogens is 1. The molecule has 0 saturated heterocycles. The quantitative estimate of drug-likeness (QED) is 0.786. The lowest BCUT2D eigenvalue weighted by atomic mass is 10.1. The van der Waals surface area contributed by atoms with Crippen LogP contribution >= 0.6 is 15.9 Å². The zero-order valence-corrected chi connectivity index (χ0v) is 12.8. The van der Waals surface area contributed by atoms with E-state index in [0.717, 1.165) is 29.6 Å². The molecule has 1 rings (SSSR count). The Labute approximate surface area is 119 Å². The largest absolute Gasteiger partial charge is 0.488 e. The monoisotopic (exact) mass is 311 g/mol. The smallest absolute Gasteiger partial charge is 0.119 e. The Morgan fingerprint density at radius 1 is 1.39 bits per heavy atom. The lowest BCUT2D eigenvalue weighted by Crippen LogP contribution is -2.25. The molecule has 100 valence electrons. The lowest BCUT2D eigenvalue weighted by molar-refractivity contribution is 0.361. The highest BCUT2D eigenvalue weighted by Crippen LogP contribution is 2.15. The Morgan fingerprint density at radius 3 is 2.61 bits per heavy atom. The van der Waals surface area contributed by atoms with E-state index in [1.54, 1.807) is 0 Å². The minimum atomic E-state index is 0.511. The van der Waals surface area contributed by atoms with Gasteiger partial charge in [-0.2, -0.15) is 0 Å². The molecule has 18 heavy (non-hydrogen) atoms. The van der Waals surface area contributed by atoms with Crippen molar-refractivity contribution in [3.63, 3.8) is 0 Å². The van der Waals surface area contributed by atoms with E-state index in [1.807, 2.05) is 12.1 Å². The van der Waals surface area contributed by atoms with Gasteiger partial charge in [-0.1, -0.05) is 41.6 Å². The van der Waals surface area contributed by atoms with Crippen LogP contribution < -0.4 is 10.1 Å². The number of benzene rings is 1. The van der Waals surface area contributed by atoms with Gasteiger partial charge in [0, 0.05) is 10.5 Å². The topological polar surface area (TPSA) is 21.3 Å². The summed E-state index contributed by atoms with van der Waals surface area (Å²) in [7, 11) is 0. The van der Waals surface area contributed by atoms with Crippen molar-refractivity contribution in [3.8, 4) is 5.75 Å². The van der Waals surface area contributed by atoms with Crippen molar-refractivity contribution in [1.29, 1.82) is 0 Å². The van der Waals surface area contributed by atoms with E-state index in [0.29, 0.717) is 12.6 Å². The van der Waals surface area contributed by atoms with E-state index in [-0.39, 0.29) is 0 Å². The molecule has 2 nitrogen and oxygen atoms in total. The molecule has 0 radical (unpaired) electrons. The van der Waals surface area contributed by atoms with Crippen LogP contribution in [0.4, 0.5) is 0 Å². The van der Waals surface area contributed by atoms with Crippen LogP contribution in [0.25, 0.3) is 0 Å². The minimum Gasteiger partial charge on any atom is -0.488 e. The Balaban J connectivity index is 2.38. The molecule has 1 aromatic rings. The van der Waals surface area contributed by atoms with Gasteiger partial charge in [0.15, 0.2) is 0 Å². The summed E-state index contributed by atoms with van der Waals surface area (Å²) in [4.78, 5) is 0. The minimum absolute atomic E-state index is 0.511. The van der Waals surface area contributed by atoms with Gasteiger partial charge in [-0.15, -0.1) is 0 Å². The zero-order chi connectivity index (χ0) is 13.4. The SMILES string of the molecule is C=C(Br)COc1ccc(CCC(C)NCC)cc1. The molecule has 0 aromatic heterocycles. The number of hydrogen-bond acceptors (Lipinski definition) is 2. The van der Waals surface area contributed by atoms with Crippen LogP contribution in [0, 0.1) is 0 Å². The fraction of sp³-hybridized carbons (Fsp3) is 0.467. The second-order valence-electron chi connectivity index (χ2n) is 4.45. The van der Waals surface area contributed by atoms with Crippen molar-refractivity contribution in [2.45, 2.75) is 32.7 Å². The molecule has 1 N–H and O–H groups in total. The van der Waals surface area contributed by atoms with Gasteiger partial charge in [-0.05, 0) is 44.0 Å². The van der Waals surface area contributed by atoms with E-state index in [2.05, 4.69) is 53.8 Å². The first-order valence-corrected chi connectivity index (χ1v) is 7.19. The number of nitrogens with one attached hydrogen (secondary N) is 1. The number of aryl methyl sites for hydroxylation is 1. The first kappa shape index (κ1) is 15.3. The van der Waals surface area contributed by atoms with E-state index < -0.39 is 0 Å². The van der Waals surface area contributed by atoms with Gasteiger partial charge in [0.1, 0.15) is 12.4 Å². The van der Waals surface area contributed by atoms with Crippen LogP contribution in [-0.2, 0) is 6.42 Å². The summed E-state index contributed by atoms with van der Waals surface area (Å²) in [5, 5.41) is 3.42. The van der Waals surface area contributed by atoms with Gasteiger partial charge in [-0.3, -0.25) is 0 Å². The standard InChI is InChI=1S/C15H22BrNO/c1-4-17-13(3)5-6-14-7-9-15(10-8-14)18-11-12(2)16/h7-10,13,17H,2,4-6,11H2,1,3H3. The van der Waals surface area contributed by atoms with Gasteiger partial charge in [0.2, 0.25) is 0 Å². The summed E-state index contributed by atoms with van der Waals surface area (Å²) in [6.07, 6.45) is 2.26. The van der Waals surface area contributed by atoms with Gasteiger partial charge in [0.05, 0.1) is 0 Å². The van der Waals surface area contributed by atoms with E-state index in [4.69, 9.17) is 4.74 Å². The highest BCUT2D eigenvalue weighted by atomic mass is 79.9. The molecular formula is C15H22BrNO. The summed E-state index contributed by atoms with van der Waals surface area (Å²) in [5.41, 5.74) is 1.35. The van der Waals surface area contributed by atoms with E-state index in [9.17, 15) is 0 Å². The van der Waals surface area contributed by atoms with Crippen LogP contribution in [0.15, 0.2) is 35.3 Å². The molecule has 0 fully saturated rings. The van der Waals surface area contributed by atoms with Crippen molar-refractivity contribution < 1.29 is 4.74 Å². The van der Waals surface area contributed by atoms with Crippen LogP contribution in [0.2, 0.25) is 0 Å². The molecule has 0 saturated carbocycles. The number of ether oxygens (including phenoxy) is 1. The average Bonchev–Trinajstić information content (AvgIpc) is 2.35. The lowest BCUT2D eigenvalue weighted by Gasteiger charge is -2.12. The van der Waals surface area contributed by atoms with Crippen molar-refractivity contribution in [3.05, 3.63) is 40.9 Å². The average molecular weight is 312 g/mol. The molecule has 1 aromatic carbocycles. The molecule has 0 spiro atoms. The molecule has 1 atom stereocenters. The molecule has 0 amide bonds. The van der Waals surface area contributed by atoms with Gasteiger partial charge >= 0.3 is 0 Å². The van der Waals surface area contributed by atoms with E-state index >= 15 is 0 Å². The molecule has 0 heterocycles. The molecule has 0 aliphatic heterocycles. The summed E-state index contributed by atoms with van der Waals surface area (Å²) in [6.45, 7) is 9.65. The highest BCUT2D eigenvalue weighted by Gasteiger charge is 2.01. The van der Waals surface area contributed by atoms with Crippen molar-refractivity contribution in [2.75, 3.05) is 13.2 Å². The number of hydrogen-bond donors (Lipinski definition) is 1. The van der Waals surface area contributed by atoms with Gasteiger partial charge in [-0.25, -0.2) is 0 Å². The Hall–Kier alpha value is -0.800. The summed E-state index contributed by atoms with van der Waals surface area (Å²) in [5.74, 6) is 0.888. The number of rotatable bonds is 8. The molecule has 1 unspecified atom stereocenters. The maximum absolute atomic E-state index is 5.53. The molecule has 3 heteroatoms. The third-order valence-electron chi connectivity index (χ3n) is 2.74. The molecular weight excluding hydrogens is 290 g/mol. The van der Waals surface area contributed by atoms with Crippen LogP contribution in [-0.4, -0.2) is 19.2 Å². The van der Waals surface area contributed by atoms with Crippen LogP contribution in [0.5, 0.6) is 5.75 Å². The molecule has 0 bridgehead atoms. The predicted octanol–water partition coefficient (Wildman–Crippen LogP) is 3.90. The van der Waals surface area contributed by atoms with E-state index in [1.165, 1.54) is 5.56 Å². The predicted molar refractivity (Wildman–Crippen MR) is 81.5 cm³/mol. The molecule has 0 aliphatic carbocycles.